The number of nitrogens with zero attached hydrogens (tertiary/aromatic N) is 2. The number of rotatable bonds is 16. The van der Waals surface area contributed by atoms with Gasteiger partial charge in [0, 0.05) is 74.0 Å². The molecular weight excluding hydrogens is 877 g/mol. The quantitative estimate of drug-likeness (QED) is 0.101. The van der Waals surface area contributed by atoms with Gasteiger partial charge in [-0.1, -0.05) is 146 Å². The van der Waals surface area contributed by atoms with E-state index in [2.05, 4.69) is 69.8 Å². The van der Waals surface area contributed by atoms with Crippen LogP contribution in [0.25, 0.3) is 0 Å². The molecule has 0 spiro atoms. The van der Waals surface area contributed by atoms with Crippen LogP contribution >= 0.6 is 0 Å². The minimum absolute atomic E-state index is 0.0165. The average molecular weight is 937 g/mol. The molecule has 4 aliphatic carbocycles. The summed E-state index contributed by atoms with van der Waals surface area (Å²) in [5, 5.41) is 12.8. The van der Waals surface area contributed by atoms with Crippen molar-refractivity contribution in [2.45, 2.75) is 86.4 Å². The van der Waals surface area contributed by atoms with Gasteiger partial charge < -0.3 is 31.1 Å². The fourth-order valence-electron chi connectivity index (χ4n) is 11.4. The lowest BCUT2D eigenvalue weighted by molar-refractivity contribution is -0.133. The normalized spacial score (nSPS) is 29.1. The minimum atomic E-state index is -0.694. The first-order valence-electron chi connectivity index (χ1n) is 25.2. The standard InChI is InChI=1S/C58H60N6O6/c65-53(63-31-45(55(67)59-49-27-41(49)37-16-5-1-6-17-37)46(32-63)56(68)60-50-28-42(50)38-18-7-2-8-19-38)25-35-14-13-15-36(24-35)26-54(66)64-33-47(57(69)61-51-29-43(51)39-20-9-3-10-21-39)48(34-64)58(70)62-52-30-44(52)40-22-11-4-12-23-40/h1-24,41-52H,25-34H2,(H,59,67)(H,60,68)(H,61,69)(H,62,70)/t41-,42-,43-,44-,45-,46-,47-,48-,49+,50+,51+,52+/m1/s1. The van der Waals surface area contributed by atoms with Gasteiger partial charge in [0.25, 0.3) is 0 Å². The maximum atomic E-state index is 14.1. The third kappa shape index (κ3) is 10.1. The molecule has 11 rings (SSSR count). The summed E-state index contributed by atoms with van der Waals surface area (Å²) in [5.74, 6) is -3.09. The van der Waals surface area contributed by atoms with Crippen molar-refractivity contribution in [3.63, 3.8) is 0 Å². The number of carbonyl (C=O) groups excluding carboxylic acids is 6. The first-order chi connectivity index (χ1) is 34.1. The molecule has 2 heterocycles. The molecule has 12 heteroatoms. The van der Waals surface area contributed by atoms with Crippen molar-refractivity contribution in [1.82, 2.24) is 31.1 Å². The van der Waals surface area contributed by atoms with E-state index < -0.39 is 23.7 Å². The molecule has 5 aromatic carbocycles. The smallest absolute Gasteiger partial charge is 0.227 e. The van der Waals surface area contributed by atoms with E-state index in [1.54, 1.807) is 9.80 Å². The molecule has 4 saturated carbocycles. The van der Waals surface area contributed by atoms with Crippen LogP contribution < -0.4 is 21.3 Å². The van der Waals surface area contributed by atoms with Gasteiger partial charge in [-0.3, -0.25) is 28.8 Å². The molecule has 2 saturated heterocycles. The molecule has 2 aliphatic heterocycles. The maximum Gasteiger partial charge on any atom is 0.227 e. The van der Waals surface area contributed by atoms with Crippen LogP contribution in [-0.4, -0.2) is 95.6 Å². The highest BCUT2D eigenvalue weighted by Gasteiger charge is 2.51. The van der Waals surface area contributed by atoms with E-state index in [4.69, 9.17) is 0 Å². The molecule has 0 unspecified atom stereocenters. The highest BCUT2D eigenvalue weighted by Crippen LogP contribution is 2.44. The van der Waals surface area contributed by atoms with Gasteiger partial charge in [0.15, 0.2) is 0 Å². The second kappa shape index (κ2) is 19.4. The van der Waals surface area contributed by atoms with E-state index in [0.29, 0.717) is 11.1 Å². The third-order valence-electron chi connectivity index (χ3n) is 15.8. The molecule has 0 radical (unpaired) electrons. The zero-order chi connectivity index (χ0) is 47.9. The third-order valence-corrected chi connectivity index (χ3v) is 15.8. The van der Waals surface area contributed by atoms with Crippen LogP contribution in [0, 0.1) is 23.7 Å². The SMILES string of the molecule is O=C(N[C@H]1C[C@@H]1c1ccccc1)[C@@H]1CN(C(=O)Cc2cccc(CC(=O)N3C[C@@H](C(=O)N[C@H]4C[C@@H]4c4ccccc4)[C@H](C(=O)N[C@H]4C[C@@H]4c4ccccc4)C3)c2)C[C@H]1C(=O)N[C@H]1C[C@@H]1c1ccccc1. The van der Waals surface area contributed by atoms with Crippen LogP contribution in [0.15, 0.2) is 146 Å². The number of nitrogens with one attached hydrogen (secondary N) is 4. The molecule has 5 aromatic rings. The minimum Gasteiger partial charge on any atom is -0.352 e. The van der Waals surface area contributed by atoms with Gasteiger partial charge in [-0.05, 0) is 59.1 Å². The van der Waals surface area contributed by atoms with Gasteiger partial charge >= 0.3 is 0 Å². The first kappa shape index (κ1) is 45.4. The second-order valence-corrected chi connectivity index (χ2v) is 20.7. The average Bonchev–Trinajstić information content (AvgIpc) is 4.32. The Hall–Kier alpha value is -7.08. The van der Waals surface area contributed by atoms with E-state index in [9.17, 15) is 28.8 Å². The molecule has 0 aromatic heterocycles. The van der Waals surface area contributed by atoms with Crippen molar-refractivity contribution in [2.75, 3.05) is 26.2 Å². The molecule has 4 N–H and O–H groups in total. The van der Waals surface area contributed by atoms with Gasteiger partial charge in [-0.2, -0.15) is 0 Å². The van der Waals surface area contributed by atoms with Gasteiger partial charge in [0.2, 0.25) is 35.4 Å². The molecule has 6 amide bonds. The monoisotopic (exact) mass is 936 g/mol. The predicted molar refractivity (Wildman–Crippen MR) is 264 cm³/mol. The van der Waals surface area contributed by atoms with Crippen LogP contribution in [0.4, 0.5) is 0 Å². The Morgan fingerprint density at radius 3 is 0.871 bits per heavy atom. The summed E-state index contributed by atoms with van der Waals surface area (Å²) in [7, 11) is 0. The van der Waals surface area contributed by atoms with Gasteiger partial charge in [0.05, 0.1) is 36.5 Å². The first-order valence-corrected chi connectivity index (χ1v) is 25.2. The Morgan fingerprint density at radius 2 is 0.614 bits per heavy atom. The van der Waals surface area contributed by atoms with Crippen molar-refractivity contribution >= 4 is 35.4 Å². The molecule has 0 bridgehead atoms. The second-order valence-electron chi connectivity index (χ2n) is 20.7. The lowest BCUT2D eigenvalue weighted by Gasteiger charge is -2.18. The largest absolute Gasteiger partial charge is 0.352 e. The van der Waals surface area contributed by atoms with Crippen molar-refractivity contribution in [3.05, 3.63) is 179 Å². The summed E-state index contributed by atoms with van der Waals surface area (Å²) in [6.07, 6.45) is 3.39. The van der Waals surface area contributed by atoms with Crippen LogP contribution in [0.1, 0.15) is 82.7 Å². The number of amides is 6. The molecule has 6 fully saturated rings. The molecule has 358 valence electrons. The van der Waals surface area contributed by atoms with Crippen LogP contribution in [0.2, 0.25) is 0 Å². The van der Waals surface area contributed by atoms with Crippen LogP contribution in [0.5, 0.6) is 0 Å². The summed E-state index contributed by atoms with van der Waals surface area (Å²) in [4.78, 5) is 87.5. The predicted octanol–water partition coefficient (Wildman–Crippen LogP) is 5.61. The molecule has 6 aliphatic rings. The Bertz CT molecular complexity index is 2420. The van der Waals surface area contributed by atoms with Crippen LogP contribution in [0.3, 0.4) is 0 Å². The topological polar surface area (TPSA) is 157 Å². The Labute approximate surface area is 409 Å². The molecule has 12 atom stereocenters. The van der Waals surface area contributed by atoms with E-state index in [-0.39, 0.29) is 122 Å². The number of likely N-dealkylation sites (tertiary alicyclic amines) is 2. The van der Waals surface area contributed by atoms with E-state index in [0.717, 1.165) is 25.7 Å². The van der Waals surface area contributed by atoms with Crippen molar-refractivity contribution in [2.24, 2.45) is 23.7 Å². The maximum absolute atomic E-state index is 14.1. The van der Waals surface area contributed by atoms with Crippen molar-refractivity contribution in [3.8, 4) is 0 Å². The van der Waals surface area contributed by atoms with Crippen molar-refractivity contribution in [1.29, 1.82) is 0 Å². The number of hydrogen-bond donors (Lipinski definition) is 4. The van der Waals surface area contributed by atoms with Gasteiger partial charge in [-0.25, -0.2) is 0 Å². The lowest BCUT2D eigenvalue weighted by Crippen LogP contribution is -2.43. The summed E-state index contributed by atoms with van der Waals surface area (Å²) in [5.41, 5.74) is 6.11. The zero-order valence-corrected chi connectivity index (χ0v) is 39.2. The number of hydrogen-bond acceptors (Lipinski definition) is 6. The fraction of sp³-hybridized carbons (Fsp3) is 0.379. The summed E-state index contributed by atoms with van der Waals surface area (Å²) >= 11 is 0. The molecule has 70 heavy (non-hydrogen) atoms. The number of carbonyl (C=O) groups is 6. The highest BCUT2D eigenvalue weighted by atomic mass is 16.2. The Morgan fingerprint density at radius 1 is 0.357 bits per heavy atom. The molecular formula is C58H60N6O6. The summed E-state index contributed by atoms with van der Waals surface area (Å²) in [6, 6.07) is 47.7. The van der Waals surface area contributed by atoms with E-state index >= 15 is 0 Å². The highest BCUT2D eigenvalue weighted by molar-refractivity contribution is 5.93. The number of benzene rings is 5. The molecule has 12 nitrogen and oxygen atoms in total. The van der Waals surface area contributed by atoms with Gasteiger partial charge in [0.1, 0.15) is 0 Å². The Kier molecular flexibility index (Phi) is 12.6. The fourth-order valence-corrected chi connectivity index (χ4v) is 11.4. The summed E-state index contributed by atoms with van der Waals surface area (Å²) in [6.45, 7) is 0.540. The van der Waals surface area contributed by atoms with Crippen molar-refractivity contribution < 1.29 is 28.8 Å². The van der Waals surface area contributed by atoms with E-state index in [1.165, 1.54) is 22.3 Å². The Balaban J connectivity index is 0.731. The van der Waals surface area contributed by atoms with Crippen LogP contribution in [-0.2, 0) is 41.6 Å². The van der Waals surface area contributed by atoms with Gasteiger partial charge in [-0.15, -0.1) is 0 Å². The zero-order valence-electron chi connectivity index (χ0n) is 39.2. The summed E-state index contributed by atoms with van der Waals surface area (Å²) < 4.78 is 0. The van der Waals surface area contributed by atoms with E-state index in [1.807, 2.05) is 97.1 Å². The lowest BCUT2D eigenvalue weighted by atomic mass is 9.94.